The maximum absolute atomic E-state index is 12.9. The van der Waals surface area contributed by atoms with Gasteiger partial charge in [0.25, 0.3) is 11.5 Å². The first-order chi connectivity index (χ1) is 15.4. The summed E-state index contributed by atoms with van der Waals surface area (Å²) in [5.41, 5.74) is 1.70. The molecule has 4 rings (SSSR count). The minimum absolute atomic E-state index is 0.00484. The SMILES string of the molecule is CC(OC(=O)CCc1nc2sc3c(c2c(=O)[nH]1)CCCC3)C(=O)NCc1ccc(F)cc1. The highest BCUT2D eigenvalue weighted by atomic mass is 32.1. The number of rotatable bonds is 7. The van der Waals surface area contributed by atoms with E-state index in [9.17, 15) is 18.8 Å². The Hall–Kier alpha value is -3.07. The number of esters is 1. The highest BCUT2D eigenvalue weighted by Gasteiger charge is 2.21. The normalized spacial score (nSPS) is 14.1. The summed E-state index contributed by atoms with van der Waals surface area (Å²) < 4.78 is 18.1. The van der Waals surface area contributed by atoms with E-state index in [1.807, 2.05) is 0 Å². The van der Waals surface area contributed by atoms with Crippen LogP contribution in [0.25, 0.3) is 10.2 Å². The largest absolute Gasteiger partial charge is 0.453 e. The highest BCUT2D eigenvalue weighted by molar-refractivity contribution is 7.18. The van der Waals surface area contributed by atoms with Crippen LogP contribution in [-0.2, 0) is 40.1 Å². The fraction of sp³-hybridized carbons (Fsp3) is 0.391. The lowest BCUT2D eigenvalue weighted by Gasteiger charge is -2.13. The van der Waals surface area contributed by atoms with Crippen LogP contribution < -0.4 is 10.9 Å². The molecule has 3 aromatic rings. The molecule has 9 heteroatoms. The van der Waals surface area contributed by atoms with Gasteiger partial charge in [-0.1, -0.05) is 12.1 Å². The van der Waals surface area contributed by atoms with E-state index >= 15 is 0 Å². The van der Waals surface area contributed by atoms with Crippen molar-refractivity contribution < 1.29 is 18.7 Å². The lowest BCUT2D eigenvalue weighted by Crippen LogP contribution is -2.35. The Morgan fingerprint density at radius 1 is 1.25 bits per heavy atom. The summed E-state index contributed by atoms with van der Waals surface area (Å²) in [6, 6.07) is 5.76. The van der Waals surface area contributed by atoms with Gasteiger partial charge in [0.2, 0.25) is 0 Å². The molecule has 7 nitrogen and oxygen atoms in total. The van der Waals surface area contributed by atoms with Crippen molar-refractivity contribution >= 4 is 33.4 Å². The first-order valence-corrected chi connectivity index (χ1v) is 11.5. The number of benzene rings is 1. The zero-order valence-corrected chi connectivity index (χ0v) is 18.5. The Morgan fingerprint density at radius 2 is 2.00 bits per heavy atom. The van der Waals surface area contributed by atoms with Gasteiger partial charge in [0.1, 0.15) is 16.5 Å². The molecule has 0 saturated heterocycles. The van der Waals surface area contributed by atoms with E-state index in [2.05, 4.69) is 15.3 Å². The molecule has 1 aliphatic carbocycles. The number of nitrogens with zero attached hydrogens (tertiary/aromatic N) is 1. The van der Waals surface area contributed by atoms with Crippen molar-refractivity contribution in [2.75, 3.05) is 0 Å². The molecule has 0 bridgehead atoms. The number of fused-ring (bicyclic) bond motifs is 3. The van der Waals surface area contributed by atoms with Crippen LogP contribution in [0, 0.1) is 5.82 Å². The topological polar surface area (TPSA) is 101 Å². The number of halogens is 1. The third-order valence-electron chi connectivity index (χ3n) is 5.50. The molecule has 2 N–H and O–H groups in total. The number of ether oxygens (including phenoxy) is 1. The smallest absolute Gasteiger partial charge is 0.307 e. The number of carbonyl (C=O) groups excluding carboxylic acids is 2. The van der Waals surface area contributed by atoms with E-state index < -0.39 is 18.0 Å². The van der Waals surface area contributed by atoms with E-state index in [4.69, 9.17) is 4.74 Å². The molecule has 2 aromatic heterocycles. The molecule has 1 unspecified atom stereocenters. The Balaban J connectivity index is 1.30. The zero-order valence-electron chi connectivity index (χ0n) is 17.7. The standard InChI is InChI=1S/C23H24FN3O4S/c1-13(21(29)25-12-14-6-8-15(24)9-7-14)31-19(28)11-10-18-26-22(30)20-16-4-2-3-5-17(16)32-23(20)27-18/h6-9,13H,2-5,10-12H2,1H3,(H,25,29)(H,26,27,30). The number of H-pyrrole nitrogens is 1. The van der Waals surface area contributed by atoms with Crippen LogP contribution in [-0.4, -0.2) is 27.9 Å². The van der Waals surface area contributed by atoms with Gasteiger partial charge in [-0.3, -0.25) is 14.4 Å². The molecule has 0 spiro atoms. The third-order valence-corrected chi connectivity index (χ3v) is 6.68. The minimum Gasteiger partial charge on any atom is -0.453 e. The van der Waals surface area contributed by atoms with Gasteiger partial charge in [-0.2, -0.15) is 0 Å². The summed E-state index contributed by atoms with van der Waals surface area (Å²) in [4.78, 5) is 46.2. The number of amides is 1. The van der Waals surface area contributed by atoms with Crippen molar-refractivity contribution in [3.05, 3.63) is 62.3 Å². The predicted molar refractivity (Wildman–Crippen MR) is 119 cm³/mol. The number of nitrogens with one attached hydrogen (secondary N) is 2. The number of hydrogen-bond acceptors (Lipinski definition) is 6. The quantitative estimate of drug-likeness (QED) is 0.531. The van der Waals surface area contributed by atoms with Gasteiger partial charge >= 0.3 is 5.97 Å². The molecule has 2 heterocycles. The summed E-state index contributed by atoms with van der Waals surface area (Å²) in [7, 11) is 0. The van der Waals surface area contributed by atoms with Crippen molar-refractivity contribution in [3.63, 3.8) is 0 Å². The minimum atomic E-state index is -0.971. The highest BCUT2D eigenvalue weighted by Crippen LogP contribution is 2.33. The predicted octanol–water partition coefficient (Wildman–Crippen LogP) is 3.18. The molecule has 32 heavy (non-hydrogen) atoms. The Labute approximate surface area is 188 Å². The number of carbonyl (C=O) groups is 2. The van der Waals surface area contributed by atoms with Crippen LogP contribution in [0.5, 0.6) is 0 Å². The summed E-state index contributed by atoms with van der Waals surface area (Å²) in [5.74, 6) is -0.912. The summed E-state index contributed by atoms with van der Waals surface area (Å²) in [5, 5.41) is 3.33. The molecule has 0 fully saturated rings. The second-order valence-corrected chi connectivity index (χ2v) is 8.96. The number of aryl methyl sites for hydroxylation is 3. The molecule has 1 amide bonds. The van der Waals surface area contributed by atoms with Crippen LogP contribution in [0.2, 0.25) is 0 Å². The van der Waals surface area contributed by atoms with E-state index in [0.717, 1.165) is 41.6 Å². The van der Waals surface area contributed by atoms with Gasteiger partial charge < -0.3 is 15.0 Å². The van der Waals surface area contributed by atoms with Crippen molar-refractivity contribution in [2.45, 2.75) is 58.1 Å². The fourth-order valence-electron chi connectivity index (χ4n) is 3.79. The van der Waals surface area contributed by atoms with Crippen molar-refractivity contribution in [1.29, 1.82) is 0 Å². The number of aromatic amines is 1. The molecule has 1 atom stereocenters. The van der Waals surface area contributed by atoms with Crippen LogP contribution in [0.3, 0.4) is 0 Å². The number of thiophene rings is 1. The summed E-state index contributed by atoms with van der Waals surface area (Å²) in [6.45, 7) is 1.69. The van der Waals surface area contributed by atoms with Crippen LogP contribution >= 0.6 is 11.3 Å². The molecule has 0 saturated carbocycles. The average molecular weight is 458 g/mol. The number of hydrogen-bond donors (Lipinski definition) is 2. The number of aromatic nitrogens is 2. The Bertz CT molecular complexity index is 1200. The van der Waals surface area contributed by atoms with Gasteiger partial charge in [0, 0.05) is 17.8 Å². The Morgan fingerprint density at radius 3 is 2.78 bits per heavy atom. The fourth-order valence-corrected chi connectivity index (χ4v) is 5.07. The maximum Gasteiger partial charge on any atom is 0.307 e. The second kappa shape index (κ2) is 9.60. The molecule has 0 radical (unpaired) electrons. The second-order valence-electron chi connectivity index (χ2n) is 7.88. The van der Waals surface area contributed by atoms with E-state index in [1.165, 1.54) is 23.9 Å². The van der Waals surface area contributed by atoms with Gasteiger partial charge in [-0.15, -0.1) is 11.3 Å². The molecule has 1 aromatic carbocycles. The van der Waals surface area contributed by atoms with E-state index in [0.29, 0.717) is 11.2 Å². The van der Waals surface area contributed by atoms with E-state index in [1.54, 1.807) is 23.5 Å². The maximum atomic E-state index is 12.9. The van der Waals surface area contributed by atoms with Gasteiger partial charge in [0.05, 0.1) is 11.8 Å². The molecule has 168 valence electrons. The molecule has 0 aliphatic heterocycles. The molecule has 1 aliphatic rings. The lowest BCUT2D eigenvalue weighted by atomic mass is 9.97. The Kier molecular flexibility index (Phi) is 6.64. The molecular weight excluding hydrogens is 433 g/mol. The first-order valence-electron chi connectivity index (χ1n) is 10.7. The van der Waals surface area contributed by atoms with Crippen molar-refractivity contribution in [3.8, 4) is 0 Å². The summed E-state index contributed by atoms with van der Waals surface area (Å²) in [6.07, 6.45) is 3.35. The average Bonchev–Trinajstić information content (AvgIpc) is 3.16. The van der Waals surface area contributed by atoms with Gasteiger partial charge in [0.15, 0.2) is 6.10 Å². The third kappa shape index (κ3) is 5.04. The van der Waals surface area contributed by atoms with Crippen LogP contribution in [0.15, 0.2) is 29.1 Å². The monoisotopic (exact) mass is 457 g/mol. The first kappa shape index (κ1) is 22.1. The summed E-state index contributed by atoms with van der Waals surface area (Å²) >= 11 is 1.56. The van der Waals surface area contributed by atoms with Crippen molar-refractivity contribution in [2.24, 2.45) is 0 Å². The van der Waals surface area contributed by atoms with Gasteiger partial charge in [-0.05, 0) is 55.9 Å². The zero-order chi connectivity index (χ0) is 22.7. The van der Waals surface area contributed by atoms with E-state index in [-0.39, 0.29) is 30.8 Å². The van der Waals surface area contributed by atoms with Crippen LogP contribution in [0.1, 0.15) is 48.0 Å². The van der Waals surface area contributed by atoms with Crippen LogP contribution in [0.4, 0.5) is 4.39 Å². The van der Waals surface area contributed by atoms with Gasteiger partial charge in [-0.25, -0.2) is 9.37 Å². The lowest BCUT2D eigenvalue weighted by molar-refractivity contribution is -0.154. The molecular formula is C23H24FN3O4S. The van der Waals surface area contributed by atoms with Crippen molar-refractivity contribution in [1.82, 2.24) is 15.3 Å².